The summed E-state index contributed by atoms with van der Waals surface area (Å²) in [6, 6.07) is 7.46. The maximum atomic E-state index is 12.7. The van der Waals surface area contributed by atoms with E-state index in [0.717, 1.165) is 16.7 Å². The van der Waals surface area contributed by atoms with Crippen LogP contribution in [0, 0.1) is 5.92 Å². The number of ether oxygens (including phenoxy) is 2. The highest BCUT2D eigenvalue weighted by atomic mass is 16.6. The predicted octanol–water partition coefficient (Wildman–Crippen LogP) is 2.27. The van der Waals surface area contributed by atoms with Crippen molar-refractivity contribution in [3.05, 3.63) is 47.0 Å². The van der Waals surface area contributed by atoms with Crippen LogP contribution in [-0.4, -0.2) is 70.6 Å². The molecule has 0 fully saturated rings. The van der Waals surface area contributed by atoms with E-state index in [9.17, 15) is 25.2 Å². The van der Waals surface area contributed by atoms with E-state index in [0.29, 0.717) is 12.8 Å². The molecule has 1 heterocycles. The molecular weight excluding hydrogens is 424 g/mol. The third kappa shape index (κ3) is 7.11. The van der Waals surface area contributed by atoms with E-state index in [1.165, 1.54) is 0 Å². The molecule has 1 aliphatic heterocycles. The lowest BCUT2D eigenvalue weighted by Crippen LogP contribution is -2.41. The Kier molecular flexibility index (Phi) is 10.1. The largest absolute Gasteiger partial charge is 0.456 e. The summed E-state index contributed by atoms with van der Waals surface area (Å²) in [4.78, 5) is 12.7. The summed E-state index contributed by atoms with van der Waals surface area (Å²) in [7, 11) is 1.55. The molecule has 0 unspecified atom stereocenters. The van der Waals surface area contributed by atoms with Crippen LogP contribution in [-0.2, 0) is 26.1 Å². The molecule has 0 radical (unpaired) electrons. The average molecular weight is 465 g/mol. The van der Waals surface area contributed by atoms with Crippen molar-refractivity contribution < 1.29 is 34.7 Å². The van der Waals surface area contributed by atoms with Gasteiger partial charge >= 0.3 is 5.97 Å². The molecule has 2 rings (SSSR count). The fourth-order valence-electron chi connectivity index (χ4n) is 4.19. The number of aliphatic hydroxyl groups excluding tert-OH is 4. The second-order valence-corrected chi connectivity index (χ2v) is 9.67. The number of hydrogen-bond acceptors (Lipinski definition) is 7. The van der Waals surface area contributed by atoms with Crippen LogP contribution in [0.25, 0.3) is 0 Å². The Morgan fingerprint density at radius 3 is 2.58 bits per heavy atom. The first kappa shape index (κ1) is 27.5. The van der Waals surface area contributed by atoms with Crippen molar-refractivity contribution in [2.75, 3.05) is 13.7 Å². The Bertz CT molecular complexity index is 800. The summed E-state index contributed by atoms with van der Waals surface area (Å²) in [5, 5.41) is 41.7. The van der Waals surface area contributed by atoms with Crippen molar-refractivity contribution in [3.63, 3.8) is 0 Å². The van der Waals surface area contributed by atoms with Crippen molar-refractivity contribution in [1.82, 2.24) is 0 Å². The molecule has 33 heavy (non-hydrogen) atoms. The number of esters is 1. The SMILES string of the molecule is CC[C@H](/C=C(/C)[C@@H]1C[C@@H](OC)C[C@H](O)C(C)(C)c2cccc(c2)C[C@H](O)[C@@H](O)C(=O)O1)CO. The van der Waals surface area contributed by atoms with Gasteiger partial charge in [0.1, 0.15) is 6.10 Å². The molecule has 1 aromatic carbocycles. The lowest BCUT2D eigenvalue weighted by Gasteiger charge is -2.35. The fraction of sp³-hybridized carbons (Fsp3) is 0.654. The quantitative estimate of drug-likeness (QED) is 0.390. The molecule has 7 nitrogen and oxygen atoms in total. The van der Waals surface area contributed by atoms with E-state index in [-0.39, 0.29) is 25.4 Å². The van der Waals surface area contributed by atoms with Crippen LogP contribution >= 0.6 is 0 Å². The summed E-state index contributed by atoms with van der Waals surface area (Å²) in [5.74, 6) is -1.01. The molecule has 6 atom stereocenters. The molecule has 0 saturated carbocycles. The summed E-state index contributed by atoms with van der Waals surface area (Å²) in [6.45, 7) is 7.64. The van der Waals surface area contributed by atoms with Gasteiger partial charge in [-0.3, -0.25) is 0 Å². The van der Waals surface area contributed by atoms with E-state index in [1.54, 1.807) is 14.0 Å². The molecule has 186 valence electrons. The zero-order valence-corrected chi connectivity index (χ0v) is 20.4. The normalized spacial score (nSPS) is 30.3. The summed E-state index contributed by atoms with van der Waals surface area (Å²) >= 11 is 0. The number of rotatable bonds is 5. The number of cyclic esters (lactones) is 1. The van der Waals surface area contributed by atoms with Gasteiger partial charge in [-0.2, -0.15) is 0 Å². The smallest absolute Gasteiger partial charge is 0.338 e. The highest BCUT2D eigenvalue weighted by molar-refractivity contribution is 5.75. The number of carbonyl (C=O) groups excluding carboxylic acids is 1. The topological polar surface area (TPSA) is 116 Å². The summed E-state index contributed by atoms with van der Waals surface area (Å²) < 4.78 is 11.3. The molecule has 0 spiro atoms. The monoisotopic (exact) mass is 464 g/mol. The first-order valence-electron chi connectivity index (χ1n) is 11.7. The van der Waals surface area contributed by atoms with Crippen molar-refractivity contribution in [2.45, 2.75) is 89.3 Å². The van der Waals surface area contributed by atoms with E-state index in [4.69, 9.17) is 9.47 Å². The zero-order chi connectivity index (χ0) is 24.8. The number of methoxy groups -OCH3 is 1. The van der Waals surface area contributed by atoms with Crippen LogP contribution in [0.4, 0.5) is 0 Å². The number of carbonyl (C=O) groups is 1. The lowest BCUT2D eigenvalue weighted by atomic mass is 9.76. The zero-order valence-electron chi connectivity index (χ0n) is 20.4. The molecule has 7 heteroatoms. The van der Waals surface area contributed by atoms with Gasteiger partial charge in [-0.15, -0.1) is 0 Å². The Hall–Kier alpha value is -1.77. The summed E-state index contributed by atoms with van der Waals surface area (Å²) in [6.07, 6.45) is -1.71. The van der Waals surface area contributed by atoms with E-state index in [1.807, 2.05) is 51.1 Å². The van der Waals surface area contributed by atoms with E-state index in [2.05, 4.69) is 0 Å². The van der Waals surface area contributed by atoms with Gasteiger partial charge in [0.05, 0.1) is 18.3 Å². The Morgan fingerprint density at radius 1 is 1.27 bits per heavy atom. The number of hydrogen-bond donors (Lipinski definition) is 4. The van der Waals surface area contributed by atoms with Crippen molar-refractivity contribution >= 4 is 5.97 Å². The van der Waals surface area contributed by atoms with Gasteiger partial charge in [0.15, 0.2) is 6.10 Å². The number of aliphatic hydroxyl groups is 4. The van der Waals surface area contributed by atoms with Gasteiger partial charge in [-0.1, -0.05) is 51.1 Å². The van der Waals surface area contributed by atoms with Gasteiger partial charge in [-0.05, 0) is 30.0 Å². The lowest BCUT2D eigenvalue weighted by molar-refractivity contribution is -0.165. The van der Waals surface area contributed by atoms with E-state index >= 15 is 0 Å². The molecular formula is C26H40O7. The van der Waals surface area contributed by atoms with E-state index < -0.39 is 41.9 Å². The van der Waals surface area contributed by atoms with Gasteiger partial charge in [0.2, 0.25) is 0 Å². The molecule has 0 saturated heterocycles. The third-order valence-corrected chi connectivity index (χ3v) is 6.88. The average Bonchev–Trinajstić information content (AvgIpc) is 2.79. The van der Waals surface area contributed by atoms with Crippen LogP contribution in [0.2, 0.25) is 0 Å². The Labute approximate surface area is 197 Å². The molecule has 4 N–H and O–H groups in total. The predicted molar refractivity (Wildman–Crippen MR) is 126 cm³/mol. The van der Waals surface area contributed by atoms with Crippen molar-refractivity contribution in [2.24, 2.45) is 5.92 Å². The fourth-order valence-corrected chi connectivity index (χ4v) is 4.19. The van der Waals surface area contributed by atoms with Crippen LogP contribution in [0.1, 0.15) is 58.1 Å². The minimum atomic E-state index is -1.70. The maximum absolute atomic E-state index is 12.7. The third-order valence-electron chi connectivity index (χ3n) is 6.88. The standard InChI is InChI=1S/C26H40O7/c1-6-17(15-27)10-16(2)22-13-20(32-5)14-23(29)26(3,4)19-9-7-8-18(11-19)12-21(28)24(30)25(31)33-22/h7-11,17,20-24,27-30H,6,12-15H2,1-5H3/b16-10-/t17-,20-,21+,22+,23+,24-/m1/s1. The maximum Gasteiger partial charge on any atom is 0.338 e. The number of fused-ring (bicyclic) bond motifs is 2. The molecule has 0 aromatic heterocycles. The van der Waals surface area contributed by atoms with Gasteiger partial charge < -0.3 is 29.9 Å². The minimum absolute atomic E-state index is 0.0335. The summed E-state index contributed by atoms with van der Waals surface area (Å²) in [5.41, 5.74) is 1.76. The van der Waals surface area contributed by atoms with Crippen molar-refractivity contribution in [3.8, 4) is 0 Å². The molecule has 1 aromatic rings. The molecule has 0 amide bonds. The Morgan fingerprint density at radius 2 is 1.97 bits per heavy atom. The highest BCUT2D eigenvalue weighted by Gasteiger charge is 2.35. The van der Waals surface area contributed by atoms with Crippen LogP contribution in [0.5, 0.6) is 0 Å². The second-order valence-electron chi connectivity index (χ2n) is 9.67. The highest BCUT2D eigenvalue weighted by Crippen LogP contribution is 2.32. The van der Waals surface area contributed by atoms with Gasteiger partial charge in [0.25, 0.3) is 0 Å². The van der Waals surface area contributed by atoms with Crippen LogP contribution in [0.3, 0.4) is 0 Å². The van der Waals surface area contributed by atoms with Gasteiger partial charge in [-0.25, -0.2) is 4.79 Å². The first-order chi connectivity index (χ1) is 15.5. The molecule has 2 bridgehead atoms. The van der Waals surface area contributed by atoms with Crippen LogP contribution in [0.15, 0.2) is 35.9 Å². The molecule has 0 aliphatic carbocycles. The van der Waals surface area contributed by atoms with Gasteiger partial charge in [0, 0.05) is 44.3 Å². The second kappa shape index (κ2) is 12.1. The van der Waals surface area contributed by atoms with Crippen molar-refractivity contribution in [1.29, 1.82) is 0 Å². The molecule has 1 aliphatic rings. The Balaban J connectivity index is 2.46. The minimum Gasteiger partial charge on any atom is -0.456 e. The first-order valence-corrected chi connectivity index (χ1v) is 11.7. The van der Waals surface area contributed by atoms with Crippen LogP contribution < -0.4 is 0 Å². The number of benzene rings is 1.